The summed E-state index contributed by atoms with van der Waals surface area (Å²) in [4.78, 5) is 74.4. The molecular weight excluding hydrogens is 1100 g/mol. The lowest BCUT2D eigenvalue weighted by atomic mass is 9.77. The summed E-state index contributed by atoms with van der Waals surface area (Å²) in [5, 5.41) is 50.3. The molecule has 1 unspecified atom stereocenters. The highest BCUT2D eigenvalue weighted by Gasteiger charge is 2.54. The van der Waals surface area contributed by atoms with Crippen molar-refractivity contribution >= 4 is 46.4 Å². The number of imidazole rings is 1. The largest absolute Gasteiger partial charge is 0.508 e. The van der Waals surface area contributed by atoms with Crippen LogP contribution in [0.3, 0.4) is 0 Å². The number of aromatic hydroxyl groups is 2. The third-order valence-corrected chi connectivity index (χ3v) is 13.8. The molecule has 2 aliphatic heterocycles. The van der Waals surface area contributed by atoms with E-state index >= 15 is 0 Å². The van der Waals surface area contributed by atoms with E-state index in [1.165, 1.54) is 35.9 Å². The van der Waals surface area contributed by atoms with Crippen LogP contribution in [0.2, 0.25) is 0 Å². The number of carboxylic acid groups (broad SMARTS) is 1. The van der Waals surface area contributed by atoms with E-state index in [9.17, 15) is 39.3 Å². The Labute approximate surface area is 486 Å². The van der Waals surface area contributed by atoms with Crippen LogP contribution in [0.4, 0.5) is 11.5 Å². The van der Waals surface area contributed by atoms with Gasteiger partial charge in [-0.15, -0.1) is 5.10 Å². The number of esters is 1. The fourth-order valence-electron chi connectivity index (χ4n) is 9.63. The van der Waals surface area contributed by atoms with Gasteiger partial charge in [0, 0.05) is 73.7 Å². The molecule has 0 bridgehead atoms. The number of H-pyrrole nitrogens is 1. The van der Waals surface area contributed by atoms with E-state index in [0.29, 0.717) is 118 Å². The van der Waals surface area contributed by atoms with Crippen LogP contribution in [0, 0.1) is 0 Å². The van der Waals surface area contributed by atoms with Crippen LogP contribution in [-0.4, -0.2) is 146 Å². The number of anilines is 2. The van der Waals surface area contributed by atoms with Gasteiger partial charge in [-0.2, -0.15) is 9.97 Å². The molecule has 0 aliphatic carbocycles. The Kier molecular flexibility index (Phi) is 19.9. The van der Waals surface area contributed by atoms with Gasteiger partial charge in [0.15, 0.2) is 17.1 Å². The van der Waals surface area contributed by atoms with Crippen molar-refractivity contribution in [3.63, 3.8) is 0 Å². The number of benzene rings is 4. The molecule has 10 N–H and O–H groups in total. The quantitative estimate of drug-likeness (QED) is 0.0208. The van der Waals surface area contributed by atoms with Crippen molar-refractivity contribution in [3.05, 3.63) is 147 Å². The fourth-order valence-corrected chi connectivity index (χ4v) is 9.63. The number of aromatic nitrogens is 7. The van der Waals surface area contributed by atoms with Crippen molar-refractivity contribution in [2.24, 2.45) is 0 Å². The van der Waals surface area contributed by atoms with Gasteiger partial charge >= 0.3 is 23.6 Å². The molecule has 2 amide bonds. The van der Waals surface area contributed by atoms with Crippen LogP contribution >= 0.6 is 0 Å². The van der Waals surface area contributed by atoms with Crippen molar-refractivity contribution < 1.29 is 67.7 Å². The number of hydrogen-bond donors (Lipinski definition) is 9. The summed E-state index contributed by atoms with van der Waals surface area (Å²) in [5.74, 6) is -1.54. The summed E-state index contributed by atoms with van der Waals surface area (Å²) in [5.41, 5.74) is 9.71. The number of carbonyl (C=O) groups is 4. The van der Waals surface area contributed by atoms with Gasteiger partial charge in [0.25, 0.3) is 0 Å². The number of ether oxygens (including phenoxy) is 7. The molecule has 0 saturated carbocycles. The average molecular weight is 1170 g/mol. The van der Waals surface area contributed by atoms with Crippen LogP contribution < -0.4 is 42.2 Å². The number of fused-ring (bicyclic) bond motifs is 7. The van der Waals surface area contributed by atoms with E-state index in [1.54, 1.807) is 41.1 Å². The summed E-state index contributed by atoms with van der Waals surface area (Å²) >= 11 is 0. The number of phenols is 2. The number of aryl methyl sites for hydroxylation is 1. The summed E-state index contributed by atoms with van der Waals surface area (Å²) in [6.07, 6.45) is 3.36. The number of aliphatic carboxylic acids is 1. The minimum atomic E-state index is -1.39. The third kappa shape index (κ3) is 15.2. The lowest BCUT2D eigenvalue weighted by molar-refractivity contribution is -0.142. The maximum atomic E-state index is 13.3. The van der Waals surface area contributed by atoms with Gasteiger partial charge in [-0.05, 0) is 72.9 Å². The average Bonchev–Trinajstić information content (AvgIpc) is 1.78. The lowest BCUT2D eigenvalue weighted by Crippen LogP contribution is -2.41. The highest BCUT2D eigenvalue weighted by molar-refractivity contribution is 5.98. The van der Waals surface area contributed by atoms with Crippen molar-refractivity contribution in [2.75, 3.05) is 77.6 Å². The molecule has 2 aliphatic rings. The van der Waals surface area contributed by atoms with Gasteiger partial charge in [0.05, 0.1) is 76.4 Å². The predicted molar refractivity (Wildman–Crippen MR) is 305 cm³/mol. The van der Waals surface area contributed by atoms with Crippen LogP contribution in [0.1, 0.15) is 76.0 Å². The molecule has 27 heteroatoms. The predicted octanol–water partition coefficient (Wildman–Crippen LogP) is 3.95. The first-order valence-corrected chi connectivity index (χ1v) is 27.5. The number of nitrogen functional groups attached to an aromatic ring is 1. The SMILES string of the molecule is C=C(NCCOCCOCCOCCn1cc(CCCCC(NC(=O)CCC(=O)NCc2ccc(Cn3c(=O)[nH]c4c(N)nc(OCCOC)nc43)cc2)C(=O)O)nn1)Nc1ccc2c(c1)C1(OC2=O)c2ccc(O)cc2Oc2cc(O)ccc21. The lowest BCUT2D eigenvalue weighted by Gasteiger charge is -2.36. The molecule has 1 atom stereocenters. The van der Waals surface area contributed by atoms with Crippen molar-refractivity contribution in [2.45, 2.75) is 69.8 Å². The number of carboxylic acids is 1. The number of unbranched alkanes of at least 4 members (excludes halogenated alkanes) is 1. The molecular formula is C58H66N12O15. The third-order valence-electron chi connectivity index (χ3n) is 13.8. The Bertz CT molecular complexity index is 3530. The second-order valence-electron chi connectivity index (χ2n) is 19.9. The van der Waals surface area contributed by atoms with E-state index in [-0.39, 0.29) is 85.3 Å². The summed E-state index contributed by atoms with van der Waals surface area (Å²) in [6.45, 7) is 8.12. The van der Waals surface area contributed by atoms with Crippen LogP contribution in [0.25, 0.3) is 11.2 Å². The topological polar surface area (TPSA) is 362 Å². The Morgan fingerprint density at radius 2 is 1.49 bits per heavy atom. The van der Waals surface area contributed by atoms with E-state index in [0.717, 1.165) is 16.8 Å². The molecule has 3 aromatic heterocycles. The molecule has 9 rings (SSSR count). The number of nitrogens with two attached hydrogens (primary N) is 1. The van der Waals surface area contributed by atoms with Gasteiger partial charge in [-0.25, -0.2) is 19.1 Å². The maximum Gasteiger partial charge on any atom is 0.340 e. The number of methoxy groups -OCH3 is 1. The molecule has 0 radical (unpaired) electrons. The summed E-state index contributed by atoms with van der Waals surface area (Å²) in [6, 6.07) is 20.5. The van der Waals surface area contributed by atoms with Crippen molar-refractivity contribution in [1.82, 2.24) is 50.5 Å². The molecule has 85 heavy (non-hydrogen) atoms. The van der Waals surface area contributed by atoms with Gasteiger partial charge in [0.1, 0.15) is 41.2 Å². The number of amides is 2. The number of hydrogen-bond acceptors (Lipinski definition) is 21. The van der Waals surface area contributed by atoms with Crippen LogP contribution in [-0.2, 0) is 69.7 Å². The minimum Gasteiger partial charge on any atom is -0.508 e. The number of nitrogens with one attached hydrogen (secondary N) is 5. The highest BCUT2D eigenvalue weighted by Crippen LogP contribution is 2.57. The fraction of sp³-hybridized carbons (Fsp3) is 0.362. The zero-order chi connectivity index (χ0) is 59.9. The Balaban J connectivity index is 0.589. The van der Waals surface area contributed by atoms with Gasteiger partial charge in [0.2, 0.25) is 11.8 Å². The van der Waals surface area contributed by atoms with Crippen LogP contribution in [0.15, 0.2) is 102 Å². The monoisotopic (exact) mass is 1170 g/mol. The molecule has 5 heterocycles. The first kappa shape index (κ1) is 60.0. The second kappa shape index (κ2) is 28.1. The zero-order valence-corrected chi connectivity index (χ0v) is 46.6. The first-order chi connectivity index (χ1) is 41.2. The number of phenolic OH excluding ortho intramolecular Hbond substituents is 2. The minimum absolute atomic E-state index is 0.0168. The van der Waals surface area contributed by atoms with Gasteiger partial charge < -0.3 is 80.5 Å². The van der Waals surface area contributed by atoms with E-state index < -0.39 is 35.2 Å². The molecule has 448 valence electrons. The van der Waals surface area contributed by atoms with Crippen LogP contribution in [0.5, 0.6) is 29.0 Å². The molecule has 1 spiro atoms. The Morgan fingerprint density at radius 3 is 2.21 bits per heavy atom. The summed E-state index contributed by atoms with van der Waals surface area (Å²) < 4.78 is 42.8. The molecule has 0 saturated heterocycles. The summed E-state index contributed by atoms with van der Waals surface area (Å²) in [7, 11) is 1.54. The number of rotatable bonds is 33. The molecule has 0 fully saturated rings. The Hall–Kier alpha value is -9.57. The maximum absolute atomic E-state index is 13.3. The van der Waals surface area contributed by atoms with Gasteiger partial charge in [-0.1, -0.05) is 42.5 Å². The molecule has 4 aromatic carbocycles. The van der Waals surface area contributed by atoms with Crippen molar-refractivity contribution in [1.29, 1.82) is 0 Å². The normalized spacial score (nSPS) is 13.1. The number of aromatic amines is 1. The molecule has 7 aromatic rings. The molecule has 27 nitrogen and oxygen atoms in total. The van der Waals surface area contributed by atoms with E-state index in [2.05, 4.69) is 53.1 Å². The number of nitrogens with zero attached hydrogens (tertiary/aromatic N) is 6. The Morgan fingerprint density at radius 1 is 0.800 bits per heavy atom. The standard InChI is InChI=1S/C58H66N12O15/c1-35(62-38-11-14-42-45(29-38)58(85-55(42)77)43-15-12-40(71)30-47(43)84-48-31-41(72)13-16-44(48)58)60-19-21-80-24-26-82-27-25-81-22-20-69-34-39(67-68-69)5-3-4-6-46(54(75)76)63-50(74)18-17-49(73)61-32-36-7-9-37(10-8-36)33-70-53-51(64-57(70)78)52(59)65-56(66-53)83-28-23-79-2/h7-16,29-31,34,46,60,62,71-72H,1,3-6,17-28,32-33H2,2H3,(H,61,73)(H,63,74)(H,64,78)(H,75,76)(H2,59,65,66). The highest BCUT2D eigenvalue weighted by atomic mass is 16.6. The zero-order valence-electron chi connectivity index (χ0n) is 46.6. The second-order valence-corrected chi connectivity index (χ2v) is 19.9. The van der Waals surface area contributed by atoms with E-state index in [4.69, 9.17) is 38.9 Å². The number of carbonyl (C=O) groups excluding carboxylic acids is 3. The van der Waals surface area contributed by atoms with Crippen molar-refractivity contribution in [3.8, 4) is 29.0 Å². The van der Waals surface area contributed by atoms with E-state index in [1.807, 2.05) is 24.4 Å². The van der Waals surface area contributed by atoms with Gasteiger partial charge in [-0.3, -0.25) is 14.2 Å². The first-order valence-electron chi connectivity index (χ1n) is 27.5. The smallest absolute Gasteiger partial charge is 0.340 e.